The van der Waals surface area contributed by atoms with E-state index in [2.05, 4.69) is 5.32 Å². The highest BCUT2D eigenvalue weighted by atomic mass is 16.5. The van der Waals surface area contributed by atoms with Crippen LogP contribution in [0.4, 0.5) is 4.79 Å². The third kappa shape index (κ3) is 4.66. The van der Waals surface area contributed by atoms with Crippen molar-refractivity contribution in [2.45, 2.75) is 45.6 Å². The molecule has 1 atom stereocenters. The monoisotopic (exact) mass is 346 g/mol. The summed E-state index contributed by atoms with van der Waals surface area (Å²) in [4.78, 5) is 14.4. The molecule has 2 fully saturated rings. The Morgan fingerprint density at radius 2 is 1.92 bits per heavy atom. The fourth-order valence-corrected chi connectivity index (χ4v) is 3.77. The largest absolute Gasteiger partial charge is 0.491 e. The first kappa shape index (κ1) is 18.1. The van der Waals surface area contributed by atoms with E-state index in [1.807, 2.05) is 43.0 Å². The van der Waals surface area contributed by atoms with Gasteiger partial charge in [0.05, 0.1) is 6.04 Å². The number of para-hydroxylation sites is 1. The molecule has 0 bridgehead atoms. The van der Waals surface area contributed by atoms with Crippen LogP contribution in [0.2, 0.25) is 0 Å². The SMILES string of the molecule is Cc1ccccc1OCC(C)NC(=O)N1CCC2(CCOCC2)CC1. The molecule has 0 saturated carbocycles. The summed E-state index contributed by atoms with van der Waals surface area (Å²) in [5, 5.41) is 3.07. The fraction of sp³-hybridized carbons (Fsp3) is 0.650. The second-order valence-corrected chi connectivity index (χ2v) is 7.53. The van der Waals surface area contributed by atoms with E-state index >= 15 is 0 Å². The lowest BCUT2D eigenvalue weighted by atomic mass is 9.72. The molecule has 1 N–H and O–H groups in total. The minimum absolute atomic E-state index is 0.0222. The molecule has 1 aromatic carbocycles. The van der Waals surface area contributed by atoms with Crippen LogP contribution in [0.3, 0.4) is 0 Å². The summed E-state index contributed by atoms with van der Waals surface area (Å²) in [5.41, 5.74) is 1.52. The number of nitrogens with zero attached hydrogens (tertiary/aromatic N) is 1. The highest BCUT2D eigenvalue weighted by Gasteiger charge is 2.37. The zero-order valence-corrected chi connectivity index (χ0v) is 15.4. The van der Waals surface area contributed by atoms with Gasteiger partial charge in [0.15, 0.2) is 0 Å². The third-order valence-corrected chi connectivity index (χ3v) is 5.62. The number of benzene rings is 1. The molecule has 2 saturated heterocycles. The molecule has 2 aliphatic rings. The number of nitrogens with one attached hydrogen (secondary N) is 1. The molecule has 2 aliphatic heterocycles. The van der Waals surface area contributed by atoms with Gasteiger partial charge in [-0.05, 0) is 56.6 Å². The third-order valence-electron chi connectivity index (χ3n) is 5.62. The van der Waals surface area contributed by atoms with Crippen LogP contribution in [0.1, 0.15) is 38.2 Å². The van der Waals surface area contributed by atoms with Gasteiger partial charge in [-0.15, -0.1) is 0 Å². The number of urea groups is 1. The Morgan fingerprint density at radius 1 is 1.24 bits per heavy atom. The van der Waals surface area contributed by atoms with Crippen molar-refractivity contribution in [1.29, 1.82) is 0 Å². The van der Waals surface area contributed by atoms with Gasteiger partial charge in [0, 0.05) is 26.3 Å². The number of rotatable bonds is 4. The van der Waals surface area contributed by atoms with E-state index in [1.54, 1.807) is 0 Å². The lowest BCUT2D eigenvalue weighted by Crippen LogP contribution is -2.51. The zero-order valence-electron chi connectivity index (χ0n) is 15.4. The van der Waals surface area contributed by atoms with Crippen LogP contribution in [0.15, 0.2) is 24.3 Å². The first-order chi connectivity index (χ1) is 12.1. The van der Waals surface area contributed by atoms with Gasteiger partial charge < -0.3 is 19.7 Å². The zero-order chi connectivity index (χ0) is 17.7. The molecule has 2 amide bonds. The van der Waals surface area contributed by atoms with E-state index in [4.69, 9.17) is 9.47 Å². The van der Waals surface area contributed by atoms with Crippen LogP contribution in [-0.2, 0) is 4.74 Å². The molecule has 1 aromatic rings. The smallest absolute Gasteiger partial charge is 0.317 e. The predicted octanol–water partition coefficient (Wildman–Crippen LogP) is 3.36. The number of hydrogen-bond acceptors (Lipinski definition) is 3. The molecule has 0 radical (unpaired) electrons. The fourth-order valence-electron chi connectivity index (χ4n) is 3.77. The predicted molar refractivity (Wildman–Crippen MR) is 98.0 cm³/mol. The number of likely N-dealkylation sites (tertiary alicyclic amines) is 1. The summed E-state index contributed by atoms with van der Waals surface area (Å²) in [7, 11) is 0. The summed E-state index contributed by atoms with van der Waals surface area (Å²) in [6.07, 6.45) is 4.47. The van der Waals surface area contributed by atoms with Crippen molar-refractivity contribution in [3.05, 3.63) is 29.8 Å². The number of carbonyl (C=O) groups is 1. The van der Waals surface area contributed by atoms with Crippen LogP contribution in [-0.4, -0.2) is 49.9 Å². The molecular weight excluding hydrogens is 316 g/mol. The minimum Gasteiger partial charge on any atom is -0.491 e. The topological polar surface area (TPSA) is 50.8 Å². The van der Waals surface area contributed by atoms with E-state index < -0.39 is 0 Å². The normalized spacial score (nSPS) is 21.0. The van der Waals surface area contributed by atoms with Crippen molar-refractivity contribution in [2.24, 2.45) is 5.41 Å². The molecule has 25 heavy (non-hydrogen) atoms. The van der Waals surface area contributed by atoms with Crippen molar-refractivity contribution in [3.8, 4) is 5.75 Å². The molecule has 1 unspecified atom stereocenters. The minimum atomic E-state index is -0.0222. The van der Waals surface area contributed by atoms with Gasteiger partial charge in [-0.25, -0.2) is 4.79 Å². The number of aryl methyl sites for hydroxylation is 1. The van der Waals surface area contributed by atoms with Gasteiger partial charge in [0.25, 0.3) is 0 Å². The Morgan fingerprint density at radius 3 is 2.60 bits per heavy atom. The van der Waals surface area contributed by atoms with Gasteiger partial charge in [-0.2, -0.15) is 0 Å². The number of piperidine rings is 1. The van der Waals surface area contributed by atoms with Crippen LogP contribution in [0.25, 0.3) is 0 Å². The van der Waals surface area contributed by atoms with Crippen molar-refractivity contribution < 1.29 is 14.3 Å². The molecular formula is C20H30N2O3. The molecule has 5 heteroatoms. The molecule has 0 aromatic heterocycles. The Labute approximate surface area is 150 Å². The Kier molecular flexibility index (Phi) is 5.84. The standard InChI is InChI=1S/C20H30N2O3/c1-16-5-3-4-6-18(16)25-15-17(2)21-19(23)22-11-7-20(8-12-22)9-13-24-14-10-20/h3-6,17H,7-15H2,1-2H3,(H,21,23). The molecule has 0 aliphatic carbocycles. The van der Waals surface area contributed by atoms with Gasteiger partial charge in [0.2, 0.25) is 0 Å². The number of ether oxygens (including phenoxy) is 2. The average Bonchev–Trinajstić information content (AvgIpc) is 2.62. The molecule has 3 rings (SSSR count). The second kappa shape index (κ2) is 8.09. The Hall–Kier alpha value is -1.75. The second-order valence-electron chi connectivity index (χ2n) is 7.53. The lowest BCUT2D eigenvalue weighted by Gasteiger charge is -2.44. The first-order valence-electron chi connectivity index (χ1n) is 9.40. The van der Waals surface area contributed by atoms with Gasteiger partial charge in [0.1, 0.15) is 12.4 Å². The molecule has 5 nitrogen and oxygen atoms in total. The summed E-state index contributed by atoms with van der Waals surface area (Å²) < 4.78 is 11.3. The van der Waals surface area contributed by atoms with Crippen molar-refractivity contribution >= 4 is 6.03 Å². The maximum Gasteiger partial charge on any atom is 0.317 e. The highest BCUT2D eigenvalue weighted by Crippen LogP contribution is 2.40. The van der Waals surface area contributed by atoms with Gasteiger partial charge in [-0.3, -0.25) is 0 Å². The van der Waals surface area contributed by atoms with Crippen molar-refractivity contribution in [2.75, 3.05) is 32.9 Å². The quantitative estimate of drug-likeness (QED) is 0.909. The molecule has 2 heterocycles. The van der Waals surface area contributed by atoms with E-state index in [0.29, 0.717) is 12.0 Å². The summed E-state index contributed by atoms with van der Waals surface area (Å²) in [6, 6.07) is 7.95. The van der Waals surface area contributed by atoms with Crippen LogP contribution < -0.4 is 10.1 Å². The van der Waals surface area contributed by atoms with Crippen molar-refractivity contribution in [3.63, 3.8) is 0 Å². The van der Waals surface area contributed by atoms with E-state index in [1.165, 1.54) is 0 Å². The highest BCUT2D eigenvalue weighted by molar-refractivity contribution is 5.74. The summed E-state index contributed by atoms with van der Waals surface area (Å²) >= 11 is 0. The number of hydrogen-bond donors (Lipinski definition) is 1. The first-order valence-corrected chi connectivity index (χ1v) is 9.40. The van der Waals surface area contributed by atoms with E-state index in [-0.39, 0.29) is 12.1 Å². The number of amides is 2. The maximum absolute atomic E-state index is 12.5. The molecule has 138 valence electrons. The van der Waals surface area contributed by atoms with E-state index in [0.717, 1.165) is 63.3 Å². The van der Waals surface area contributed by atoms with Crippen molar-refractivity contribution in [1.82, 2.24) is 10.2 Å². The van der Waals surface area contributed by atoms with Gasteiger partial charge >= 0.3 is 6.03 Å². The number of carbonyl (C=O) groups excluding carboxylic acids is 1. The van der Waals surface area contributed by atoms with Gasteiger partial charge in [-0.1, -0.05) is 18.2 Å². The summed E-state index contributed by atoms with van der Waals surface area (Å²) in [5.74, 6) is 0.878. The van der Waals surface area contributed by atoms with E-state index in [9.17, 15) is 4.79 Å². The average molecular weight is 346 g/mol. The van der Waals surface area contributed by atoms with Crippen LogP contribution in [0, 0.1) is 12.3 Å². The maximum atomic E-state index is 12.5. The van der Waals surface area contributed by atoms with Crippen LogP contribution >= 0.6 is 0 Å². The summed E-state index contributed by atoms with van der Waals surface area (Å²) in [6.45, 7) is 7.93. The molecule has 1 spiro atoms. The Bertz CT molecular complexity index is 574. The Balaban J connectivity index is 1.42. The van der Waals surface area contributed by atoms with Crippen LogP contribution in [0.5, 0.6) is 5.75 Å². The lowest BCUT2D eigenvalue weighted by molar-refractivity contribution is -0.0146.